The Morgan fingerprint density at radius 2 is 1.73 bits per heavy atom. The number of nitrogens with one attached hydrogen (secondary N) is 1. The minimum absolute atomic E-state index is 0.0712. The molecule has 2 unspecified atom stereocenters. The van der Waals surface area contributed by atoms with Gasteiger partial charge in [0.15, 0.2) is 0 Å². The molecule has 0 aliphatic carbocycles. The van der Waals surface area contributed by atoms with Crippen molar-refractivity contribution in [3.63, 3.8) is 0 Å². The van der Waals surface area contributed by atoms with Crippen molar-refractivity contribution < 1.29 is 33.6 Å². The second-order valence-corrected chi connectivity index (χ2v) is 5.61. The molecule has 8 heteroatoms. The Morgan fingerprint density at radius 1 is 1.12 bits per heavy atom. The van der Waals surface area contributed by atoms with Crippen LogP contribution >= 0.6 is 0 Å². The van der Waals surface area contributed by atoms with Crippen LogP contribution in [0.3, 0.4) is 0 Å². The monoisotopic (exact) mass is 367 g/mol. The number of benzene rings is 2. The third-order valence-electron chi connectivity index (χ3n) is 3.65. The molecule has 0 aromatic heterocycles. The van der Waals surface area contributed by atoms with E-state index < -0.39 is 41.2 Å². The van der Waals surface area contributed by atoms with E-state index in [4.69, 9.17) is 9.84 Å². The highest BCUT2D eigenvalue weighted by Crippen LogP contribution is 2.27. The van der Waals surface area contributed by atoms with Crippen LogP contribution in [0.25, 0.3) is 0 Å². The van der Waals surface area contributed by atoms with Gasteiger partial charge in [0, 0.05) is 18.7 Å². The number of aliphatic hydroxyl groups excluding tert-OH is 2. The number of phenols is 1. The van der Waals surface area contributed by atoms with Gasteiger partial charge < -0.3 is 25.4 Å². The Hall–Kier alpha value is -2.71. The SMILES string of the molecule is O=C(NCCC(O)C(O)c1c(F)cc(O)cc1F)OCc1ccccc1. The van der Waals surface area contributed by atoms with Crippen molar-refractivity contribution in [2.45, 2.75) is 25.2 Å². The molecule has 0 aliphatic rings. The Labute approximate surface area is 148 Å². The third kappa shape index (κ3) is 5.40. The smallest absolute Gasteiger partial charge is 0.407 e. The van der Waals surface area contributed by atoms with Crippen LogP contribution in [0.15, 0.2) is 42.5 Å². The maximum absolute atomic E-state index is 13.7. The minimum atomic E-state index is -1.85. The molecule has 140 valence electrons. The molecule has 2 aromatic rings. The molecule has 4 N–H and O–H groups in total. The van der Waals surface area contributed by atoms with Crippen molar-refractivity contribution in [3.05, 3.63) is 65.2 Å². The van der Waals surface area contributed by atoms with Gasteiger partial charge in [0.05, 0.1) is 11.7 Å². The van der Waals surface area contributed by atoms with Crippen LogP contribution in [-0.4, -0.2) is 34.1 Å². The number of aromatic hydroxyl groups is 1. The first kappa shape index (κ1) is 19.6. The Kier molecular flexibility index (Phi) is 6.88. The van der Waals surface area contributed by atoms with Gasteiger partial charge in [0.1, 0.15) is 30.1 Å². The van der Waals surface area contributed by atoms with E-state index in [1.165, 1.54) is 0 Å². The van der Waals surface area contributed by atoms with E-state index in [1.807, 2.05) is 6.07 Å². The Balaban J connectivity index is 1.79. The van der Waals surface area contributed by atoms with Crippen LogP contribution in [0.2, 0.25) is 0 Å². The summed E-state index contributed by atoms with van der Waals surface area (Å²) in [5.41, 5.74) is 0.0540. The van der Waals surface area contributed by atoms with E-state index in [-0.39, 0.29) is 19.6 Å². The van der Waals surface area contributed by atoms with Crippen LogP contribution in [0.1, 0.15) is 23.7 Å². The molecule has 1 amide bonds. The number of hydrogen-bond acceptors (Lipinski definition) is 5. The van der Waals surface area contributed by atoms with E-state index in [0.29, 0.717) is 12.1 Å². The topological polar surface area (TPSA) is 99.0 Å². The number of phenolic OH excluding ortho intramolecular Hbond substituents is 1. The zero-order valence-corrected chi connectivity index (χ0v) is 13.7. The molecule has 6 nitrogen and oxygen atoms in total. The lowest BCUT2D eigenvalue weighted by Gasteiger charge is -2.19. The molecule has 26 heavy (non-hydrogen) atoms. The van der Waals surface area contributed by atoms with Crippen LogP contribution < -0.4 is 5.32 Å². The number of carbonyl (C=O) groups excluding carboxylic acids is 1. The van der Waals surface area contributed by atoms with Crippen molar-refractivity contribution in [2.24, 2.45) is 0 Å². The molecule has 0 aliphatic heterocycles. The van der Waals surface area contributed by atoms with Crippen molar-refractivity contribution in [1.29, 1.82) is 0 Å². The number of aliphatic hydroxyl groups is 2. The van der Waals surface area contributed by atoms with Gasteiger partial charge in [-0.3, -0.25) is 0 Å². The van der Waals surface area contributed by atoms with Gasteiger partial charge in [-0.25, -0.2) is 13.6 Å². The summed E-state index contributed by atoms with van der Waals surface area (Å²) in [5.74, 6) is -2.98. The van der Waals surface area contributed by atoms with E-state index in [9.17, 15) is 23.8 Å². The summed E-state index contributed by atoms with van der Waals surface area (Å²) < 4.78 is 32.3. The van der Waals surface area contributed by atoms with Crippen LogP contribution in [0.4, 0.5) is 13.6 Å². The van der Waals surface area contributed by atoms with Gasteiger partial charge in [-0.15, -0.1) is 0 Å². The fourth-order valence-corrected chi connectivity index (χ4v) is 2.30. The average molecular weight is 367 g/mol. The zero-order chi connectivity index (χ0) is 19.1. The number of hydrogen-bond donors (Lipinski definition) is 4. The number of alkyl carbamates (subject to hydrolysis) is 1. The number of rotatable bonds is 7. The summed E-state index contributed by atoms with van der Waals surface area (Å²) in [4.78, 5) is 11.6. The average Bonchev–Trinajstić information content (AvgIpc) is 2.59. The van der Waals surface area contributed by atoms with Gasteiger partial charge in [0.2, 0.25) is 0 Å². The van der Waals surface area contributed by atoms with Crippen molar-refractivity contribution >= 4 is 6.09 Å². The quantitative estimate of drug-likeness (QED) is 0.602. The second kappa shape index (κ2) is 9.12. The molecule has 2 aromatic carbocycles. The summed E-state index contributed by atoms with van der Waals surface area (Å²) >= 11 is 0. The summed E-state index contributed by atoms with van der Waals surface area (Å²) in [6.45, 7) is -0.00501. The Morgan fingerprint density at radius 3 is 2.35 bits per heavy atom. The normalized spacial score (nSPS) is 13.1. The molecule has 0 saturated carbocycles. The fraction of sp³-hybridized carbons (Fsp3) is 0.278. The maximum Gasteiger partial charge on any atom is 0.407 e. The lowest BCUT2D eigenvalue weighted by Crippen LogP contribution is -2.30. The van der Waals surface area contributed by atoms with Crippen molar-refractivity contribution in [1.82, 2.24) is 5.32 Å². The molecule has 0 radical (unpaired) electrons. The summed E-state index contributed by atoms with van der Waals surface area (Å²) in [6, 6.07) is 10.3. The predicted octanol–water partition coefficient (Wildman–Crippen LogP) is 2.38. The van der Waals surface area contributed by atoms with Gasteiger partial charge in [-0.05, 0) is 12.0 Å². The molecule has 0 bridgehead atoms. The number of ether oxygens (including phenoxy) is 1. The largest absolute Gasteiger partial charge is 0.508 e. The molecule has 2 rings (SSSR count). The van der Waals surface area contributed by atoms with Crippen molar-refractivity contribution in [3.8, 4) is 5.75 Å². The van der Waals surface area contributed by atoms with Crippen LogP contribution in [0.5, 0.6) is 5.75 Å². The molecular weight excluding hydrogens is 348 g/mol. The van der Waals surface area contributed by atoms with Crippen LogP contribution in [-0.2, 0) is 11.3 Å². The lowest BCUT2D eigenvalue weighted by molar-refractivity contribution is 0.00938. The fourth-order valence-electron chi connectivity index (χ4n) is 2.30. The summed E-state index contributed by atoms with van der Waals surface area (Å²) in [6.07, 6.45) is -4.27. The second-order valence-electron chi connectivity index (χ2n) is 5.61. The summed E-state index contributed by atoms with van der Waals surface area (Å²) in [5, 5.41) is 31.2. The minimum Gasteiger partial charge on any atom is -0.508 e. The van der Waals surface area contributed by atoms with Gasteiger partial charge in [-0.1, -0.05) is 30.3 Å². The first-order valence-corrected chi connectivity index (χ1v) is 7.87. The molecule has 0 heterocycles. The number of amides is 1. The number of carbonyl (C=O) groups is 1. The van der Waals surface area contributed by atoms with E-state index in [0.717, 1.165) is 5.56 Å². The van der Waals surface area contributed by atoms with E-state index >= 15 is 0 Å². The molecule has 0 spiro atoms. The highest BCUT2D eigenvalue weighted by molar-refractivity contribution is 5.67. The van der Waals surface area contributed by atoms with E-state index in [1.54, 1.807) is 24.3 Å². The van der Waals surface area contributed by atoms with Crippen molar-refractivity contribution in [2.75, 3.05) is 6.54 Å². The molecular formula is C18H19F2NO5. The molecule has 0 fully saturated rings. The Bertz CT molecular complexity index is 719. The first-order valence-electron chi connectivity index (χ1n) is 7.87. The van der Waals surface area contributed by atoms with Gasteiger partial charge in [0.25, 0.3) is 0 Å². The first-order chi connectivity index (χ1) is 12.4. The van der Waals surface area contributed by atoms with Crippen LogP contribution in [0, 0.1) is 11.6 Å². The molecule has 2 atom stereocenters. The van der Waals surface area contributed by atoms with Gasteiger partial charge >= 0.3 is 6.09 Å². The zero-order valence-electron chi connectivity index (χ0n) is 13.7. The maximum atomic E-state index is 13.7. The molecule has 0 saturated heterocycles. The van der Waals surface area contributed by atoms with E-state index in [2.05, 4.69) is 5.32 Å². The third-order valence-corrected chi connectivity index (χ3v) is 3.65. The predicted molar refractivity (Wildman–Crippen MR) is 88.2 cm³/mol. The highest BCUT2D eigenvalue weighted by atomic mass is 19.1. The highest BCUT2D eigenvalue weighted by Gasteiger charge is 2.25. The number of halogens is 2. The standard InChI is InChI=1S/C18H19F2NO5/c19-13-8-12(22)9-14(20)16(13)17(24)15(23)6-7-21-18(25)26-10-11-4-2-1-3-5-11/h1-5,8-9,15,17,22-24H,6-7,10H2,(H,21,25). The lowest BCUT2D eigenvalue weighted by atomic mass is 10.0. The van der Waals surface area contributed by atoms with Gasteiger partial charge in [-0.2, -0.15) is 0 Å². The summed E-state index contributed by atoms with van der Waals surface area (Å²) in [7, 11) is 0.